The summed E-state index contributed by atoms with van der Waals surface area (Å²) in [7, 11) is 0. The fraction of sp³-hybridized carbons (Fsp3) is 0.188. The van der Waals surface area contributed by atoms with Crippen LogP contribution in [0.4, 0.5) is 5.69 Å². The van der Waals surface area contributed by atoms with Crippen molar-refractivity contribution in [3.8, 4) is 0 Å². The second-order valence-corrected chi connectivity index (χ2v) is 5.59. The Morgan fingerprint density at radius 3 is 2.50 bits per heavy atom. The van der Waals surface area contributed by atoms with Crippen LogP contribution in [0.25, 0.3) is 5.70 Å². The standard InChI is InChI=1S/C16H15N3O3/c1-16(2)17-14-9-8-12(19(21)22)10-13(14)15(18(16)20)11-6-4-3-5-7-11/h3-10,20H,1-2H3. The lowest BCUT2D eigenvalue weighted by molar-refractivity contribution is -0.385. The molecule has 0 amide bonds. The van der Waals surface area contributed by atoms with Crippen molar-refractivity contribution in [1.29, 1.82) is 0 Å². The van der Waals surface area contributed by atoms with Crippen LogP contribution in [0.2, 0.25) is 0 Å². The monoisotopic (exact) mass is 297 g/mol. The van der Waals surface area contributed by atoms with Gasteiger partial charge in [0.15, 0.2) is 5.66 Å². The number of nitro benzene ring substituents is 1. The van der Waals surface area contributed by atoms with E-state index in [0.717, 1.165) is 10.6 Å². The topological polar surface area (TPSA) is 79.0 Å². The first kappa shape index (κ1) is 14.2. The molecule has 2 aromatic rings. The minimum Gasteiger partial charge on any atom is -0.286 e. The zero-order valence-corrected chi connectivity index (χ0v) is 12.2. The minimum absolute atomic E-state index is 0.0320. The number of nitrogens with zero attached hydrogens (tertiary/aromatic N) is 3. The third-order valence-corrected chi connectivity index (χ3v) is 3.62. The summed E-state index contributed by atoms with van der Waals surface area (Å²) in [6.07, 6.45) is 0. The Labute approximate surface area is 126 Å². The maximum atomic E-state index is 11.0. The first-order valence-corrected chi connectivity index (χ1v) is 6.83. The molecule has 22 heavy (non-hydrogen) atoms. The van der Waals surface area contributed by atoms with Crippen molar-refractivity contribution >= 4 is 11.4 Å². The first-order valence-electron chi connectivity index (χ1n) is 6.83. The van der Waals surface area contributed by atoms with Crippen molar-refractivity contribution in [2.45, 2.75) is 19.5 Å². The van der Waals surface area contributed by atoms with Crippen LogP contribution >= 0.6 is 0 Å². The third-order valence-electron chi connectivity index (χ3n) is 3.62. The highest BCUT2D eigenvalue weighted by atomic mass is 16.6. The molecule has 1 N–H and O–H groups in total. The predicted octanol–water partition coefficient (Wildman–Crippen LogP) is 1.81. The second kappa shape index (κ2) is 4.92. The van der Waals surface area contributed by atoms with Gasteiger partial charge in [-0.25, -0.2) is 5.06 Å². The molecule has 112 valence electrons. The van der Waals surface area contributed by atoms with E-state index in [0.29, 0.717) is 16.3 Å². The average molecular weight is 297 g/mol. The smallest absolute Gasteiger partial charge is 0.270 e. The molecule has 1 heterocycles. The summed E-state index contributed by atoms with van der Waals surface area (Å²) in [5, 5.41) is 23.8. The molecule has 1 aliphatic rings. The Morgan fingerprint density at radius 2 is 1.86 bits per heavy atom. The molecule has 0 radical (unpaired) electrons. The van der Waals surface area contributed by atoms with Crippen LogP contribution in [0, 0.1) is 10.1 Å². The van der Waals surface area contributed by atoms with E-state index in [4.69, 9.17) is 0 Å². The van der Waals surface area contributed by atoms with E-state index >= 15 is 0 Å². The zero-order valence-electron chi connectivity index (χ0n) is 12.2. The molecule has 6 heteroatoms. The van der Waals surface area contributed by atoms with E-state index in [1.807, 2.05) is 30.3 Å². The number of nitro groups is 1. The molecule has 0 aromatic heterocycles. The number of fused-ring (bicyclic) bond motifs is 1. The van der Waals surface area contributed by atoms with E-state index in [1.54, 1.807) is 19.9 Å². The van der Waals surface area contributed by atoms with E-state index in [1.165, 1.54) is 12.1 Å². The fourth-order valence-electron chi connectivity index (χ4n) is 2.53. The van der Waals surface area contributed by atoms with Gasteiger partial charge in [0.05, 0.1) is 16.0 Å². The molecule has 0 fully saturated rings. The molecule has 0 saturated heterocycles. The normalized spacial score (nSPS) is 16.0. The molecule has 0 saturated carbocycles. The van der Waals surface area contributed by atoms with Gasteiger partial charge in [0.1, 0.15) is 0 Å². The maximum Gasteiger partial charge on any atom is 0.270 e. The Kier molecular flexibility index (Phi) is 3.18. The molecule has 0 atom stereocenters. The molecule has 1 aliphatic heterocycles. The van der Waals surface area contributed by atoms with Crippen molar-refractivity contribution in [2.24, 2.45) is 4.99 Å². The molecule has 2 aromatic carbocycles. The lowest BCUT2D eigenvalue weighted by Crippen LogP contribution is -2.50. The van der Waals surface area contributed by atoms with Gasteiger partial charge in [-0.15, -0.1) is 0 Å². The quantitative estimate of drug-likeness (QED) is 0.677. The van der Waals surface area contributed by atoms with E-state index in [2.05, 4.69) is 4.99 Å². The largest absolute Gasteiger partial charge is 0.286 e. The molecular weight excluding hydrogens is 282 g/mol. The van der Waals surface area contributed by atoms with Gasteiger partial charge in [-0.1, -0.05) is 30.3 Å². The number of benzene rings is 2. The van der Waals surface area contributed by atoms with Crippen LogP contribution in [0.3, 0.4) is 0 Å². The summed E-state index contributed by atoms with van der Waals surface area (Å²) in [5.74, 6) is 0. The maximum absolute atomic E-state index is 11.0. The molecule has 0 bridgehead atoms. The first-order chi connectivity index (χ1) is 10.4. The van der Waals surface area contributed by atoms with Gasteiger partial charge in [0, 0.05) is 22.9 Å². The zero-order chi connectivity index (χ0) is 15.9. The number of non-ortho nitro benzene ring substituents is 1. The van der Waals surface area contributed by atoms with E-state index in [-0.39, 0.29) is 5.69 Å². The Morgan fingerprint density at radius 1 is 1.18 bits per heavy atom. The summed E-state index contributed by atoms with van der Waals surface area (Å²) in [6.45, 7) is 3.56. The summed E-state index contributed by atoms with van der Waals surface area (Å²) < 4.78 is 0. The highest BCUT2D eigenvalue weighted by Crippen LogP contribution is 2.25. The number of hydrogen-bond acceptors (Lipinski definition) is 5. The lowest BCUT2D eigenvalue weighted by atomic mass is 10.0. The number of hydrogen-bond donors (Lipinski definition) is 1. The molecule has 6 nitrogen and oxygen atoms in total. The van der Waals surface area contributed by atoms with Gasteiger partial charge in [-0.3, -0.25) is 20.3 Å². The molecule has 0 spiro atoms. The van der Waals surface area contributed by atoms with E-state index in [9.17, 15) is 15.3 Å². The van der Waals surface area contributed by atoms with Crippen LogP contribution in [0.1, 0.15) is 19.4 Å². The van der Waals surface area contributed by atoms with Gasteiger partial charge in [0.25, 0.3) is 5.69 Å². The minimum atomic E-state index is -0.853. The Hall–Kier alpha value is -2.73. The summed E-state index contributed by atoms with van der Waals surface area (Å²) in [4.78, 5) is 15.0. The van der Waals surface area contributed by atoms with Crippen molar-refractivity contribution in [3.63, 3.8) is 0 Å². The lowest BCUT2D eigenvalue weighted by Gasteiger charge is -2.35. The molecular formula is C16H15N3O3. The van der Waals surface area contributed by atoms with Gasteiger partial charge in [0.2, 0.25) is 0 Å². The van der Waals surface area contributed by atoms with E-state index < -0.39 is 10.6 Å². The fourth-order valence-corrected chi connectivity index (χ4v) is 2.53. The number of rotatable bonds is 2. The van der Waals surface area contributed by atoms with Crippen molar-refractivity contribution < 1.29 is 10.1 Å². The predicted molar refractivity (Wildman–Crippen MR) is 80.5 cm³/mol. The second-order valence-electron chi connectivity index (χ2n) is 5.59. The van der Waals surface area contributed by atoms with Crippen molar-refractivity contribution in [3.05, 3.63) is 74.8 Å². The SMILES string of the molecule is CC1(C)N=c2ccc([N+](=O)[O-])cc2=C(c2ccccc2)N1O. The van der Waals surface area contributed by atoms with Crippen LogP contribution in [0.5, 0.6) is 0 Å². The van der Waals surface area contributed by atoms with Gasteiger partial charge >= 0.3 is 0 Å². The summed E-state index contributed by atoms with van der Waals surface area (Å²) >= 11 is 0. The molecule has 0 unspecified atom stereocenters. The van der Waals surface area contributed by atoms with Crippen LogP contribution in [-0.4, -0.2) is 20.9 Å². The van der Waals surface area contributed by atoms with Gasteiger partial charge < -0.3 is 0 Å². The Balaban J connectivity index is 2.42. The van der Waals surface area contributed by atoms with Crippen molar-refractivity contribution in [1.82, 2.24) is 5.06 Å². The number of hydroxylamine groups is 2. The highest BCUT2D eigenvalue weighted by Gasteiger charge is 2.31. The summed E-state index contributed by atoms with van der Waals surface area (Å²) in [6, 6.07) is 13.8. The highest BCUT2D eigenvalue weighted by molar-refractivity contribution is 5.64. The van der Waals surface area contributed by atoms with Gasteiger partial charge in [-0.2, -0.15) is 0 Å². The molecule has 3 rings (SSSR count). The summed E-state index contributed by atoms with van der Waals surface area (Å²) in [5.41, 5.74) is 0.401. The van der Waals surface area contributed by atoms with Crippen LogP contribution in [0.15, 0.2) is 53.5 Å². The van der Waals surface area contributed by atoms with Gasteiger partial charge in [-0.05, 0) is 19.9 Å². The molecule has 0 aliphatic carbocycles. The van der Waals surface area contributed by atoms with Crippen molar-refractivity contribution in [2.75, 3.05) is 0 Å². The third kappa shape index (κ3) is 2.23. The van der Waals surface area contributed by atoms with Crippen LogP contribution < -0.4 is 10.6 Å². The average Bonchev–Trinajstić information content (AvgIpc) is 2.48. The Bertz CT molecular complexity index is 860. The van der Waals surface area contributed by atoms with Crippen LogP contribution in [-0.2, 0) is 0 Å².